The molecule has 104 valence electrons. The summed E-state index contributed by atoms with van der Waals surface area (Å²) in [6.07, 6.45) is 2.45. The number of amides is 1. The first-order valence-corrected chi connectivity index (χ1v) is 6.95. The van der Waals surface area contributed by atoms with Gasteiger partial charge in [-0.1, -0.05) is 44.2 Å². The van der Waals surface area contributed by atoms with Gasteiger partial charge >= 0.3 is 0 Å². The average Bonchev–Trinajstić information content (AvgIpc) is 2.48. The average molecular weight is 268 g/mol. The first-order valence-electron chi connectivity index (χ1n) is 6.95. The van der Waals surface area contributed by atoms with Gasteiger partial charge in [0, 0.05) is 12.7 Å². The number of hydrogen-bond acceptors (Lipinski definition) is 2. The Kier molecular flexibility index (Phi) is 4.88. The molecule has 1 aromatic carbocycles. The van der Waals surface area contributed by atoms with E-state index in [9.17, 15) is 4.79 Å². The molecule has 0 saturated heterocycles. The Morgan fingerprint density at radius 3 is 2.50 bits per heavy atom. The molecular weight excluding hydrogens is 248 g/mol. The van der Waals surface area contributed by atoms with Crippen LogP contribution in [0.15, 0.2) is 48.7 Å². The van der Waals surface area contributed by atoms with Crippen LogP contribution in [0.25, 0.3) is 0 Å². The molecule has 0 aliphatic heterocycles. The number of rotatable bonds is 5. The van der Waals surface area contributed by atoms with E-state index < -0.39 is 0 Å². The third-order valence-electron chi connectivity index (χ3n) is 3.24. The Morgan fingerprint density at radius 1 is 1.15 bits per heavy atom. The lowest BCUT2D eigenvalue weighted by molar-refractivity contribution is 0.0949. The monoisotopic (exact) mass is 268 g/mol. The van der Waals surface area contributed by atoms with E-state index in [-0.39, 0.29) is 5.91 Å². The van der Waals surface area contributed by atoms with E-state index in [4.69, 9.17) is 0 Å². The maximum absolute atomic E-state index is 11.8. The van der Waals surface area contributed by atoms with Gasteiger partial charge in [-0.3, -0.25) is 9.78 Å². The minimum atomic E-state index is -0.121. The lowest BCUT2D eigenvalue weighted by Gasteiger charge is -2.08. The van der Waals surface area contributed by atoms with E-state index in [2.05, 4.69) is 48.4 Å². The van der Waals surface area contributed by atoms with Crippen LogP contribution in [0.3, 0.4) is 0 Å². The molecule has 0 aliphatic rings. The fourth-order valence-electron chi connectivity index (χ4n) is 1.98. The summed E-state index contributed by atoms with van der Waals surface area (Å²) in [5, 5.41) is 2.88. The molecule has 0 radical (unpaired) electrons. The molecule has 2 aromatic rings. The predicted molar refractivity (Wildman–Crippen MR) is 80.8 cm³/mol. The minimum absolute atomic E-state index is 0.121. The molecule has 3 heteroatoms. The molecule has 0 fully saturated rings. The summed E-state index contributed by atoms with van der Waals surface area (Å²) >= 11 is 0. The summed E-state index contributed by atoms with van der Waals surface area (Å²) in [6.45, 7) is 4.99. The summed E-state index contributed by atoms with van der Waals surface area (Å²) in [5.41, 5.74) is 3.03. The van der Waals surface area contributed by atoms with Gasteiger partial charge in [0.05, 0.1) is 0 Å². The number of nitrogens with one attached hydrogen (secondary N) is 1. The van der Waals surface area contributed by atoms with E-state index in [1.54, 1.807) is 18.3 Å². The lowest BCUT2D eigenvalue weighted by atomic mass is 10.0. The van der Waals surface area contributed by atoms with Crippen molar-refractivity contribution < 1.29 is 4.79 Å². The Morgan fingerprint density at radius 2 is 1.90 bits per heavy atom. The van der Waals surface area contributed by atoms with Gasteiger partial charge in [-0.25, -0.2) is 0 Å². The molecule has 2 rings (SSSR count). The van der Waals surface area contributed by atoms with Gasteiger partial charge in [0.25, 0.3) is 5.91 Å². The molecule has 0 unspecified atom stereocenters. The largest absolute Gasteiger partial charge is 0.350 e. The topological polar surface area (TPSA) is 42.0 Å². The van der Waals surface area contributed by atoms with Crippen molar-refractivity contribution in [2.45, 2.75) is 26.2 Å². The zero-order valence-electron chi connectivity index (χ0n) is 12.0. The molecule has 0 atom stereocenters. The highest BCUT2D eigenvalue weighted by atomic mass is 16.1. The zero-order chi connectivity index (χ0) is 14.4. The molecule has 1 heterocycles. The molecule has 0 aliphatic carbocycles. The number of carbonyl (C=O) groups is 1. The van der Waals surface area contributed by atoms with Crippen molar-refractivity contribution in [2.75, 3.05) is 6.54 Å². The Bertz CT molecular complexity index is 547. The quantitative estimate of drug-likeness (QED) is 0.905. The van der Waals surface area contributed by atoms with Gasteiger partial charge in [0.2, 0.25) is 0 Å². The van der Waals surface area contributed by atoms with Crippen LogP contribution in [0.5, 0.6) is 0 Å². The van der Waals surface area contributed by atoms with Gasteiger partial charge in [0.15, 0.2) is 0 Å². The maximum atomic E-state index is 11.8. The predicted octanol–water partition coefficient (Wildman–Crippen LogP) is 3.18. The molecule has 0 spiro atoms. The lowest BCUT2D eigenvalue weighted by Crippen LogP contribution is -2.26. The van der Waals surface area contributed by atoms with Crippen LogP contribution >= 0.6 is 0 Å². The number of pyridine rings is 1. The van der Waals surface area contributed by atoms with E-state index >= 15 is 0 Å². The summed E-state index contributed by atoms with van der Waals surface area (Å²) in [4.78, 5) is 15.8. The Labute approximate surface area is 120 Å². The maximum Gasteiger partial charge on any atom is 0.269 e. The number of nitrogens with zero attached hydrogens (tertiary/aromatic N) is 1. The van der Waals surface area contributed by atoms with Crippen molar-refractivity contribution in [1.29, 1.82) is 0 Å². The normalized spacial score (nSPS) is 10.6. The first kappa shape index (κ1) is 14.3. The van der Waals surface area contributed by atoms with E-state index in [0.717, 1.165) is 6.42 Å². The zero-order valence-corrected chi connectivity index (χ0v) is 12.0. The smallest absolute Gasteiger partial charge is 0.269 e. The van der Waals surface area contributed by atoms with Crippen molar-refractivity contribution in [2.24, 2.45) is 0 Å². The van der Waals surface area contributed by atoms with Crippen LogP contribution in [0, 0.1) is 0 Å². The van der Waals surface area contributed by atoms with Crippen LogP contribution in [0.2, 0.25) is 0 Å². The van der Waals surface area contributed by atoms with Gasteiger partial charge in [-0.15, -0.1) is 0 Å². The molecule has 0 saturated carbocycles. The van der Waals surface area contributed by atoms with Crippen molar-refractivity contribution in [3.05, 3.63) is 65.5 Å². The Balaban J connectivity index is 1.82. The highest BCUT2D eigenvalue weighted by Crippen LogP contribution is 2.14. The molecular formula is C17H20N2O. The van der Waals surface area contributed by atoms with Crippen LogP contribution < -0.4 is 5.32 Å². The molecule has 1 aromatic heterocycles. The molecule has 1 N–H and O–H groups in total. The fourth-order valence-corrected chi connectivity index (χ4v) is 1.98. The molecule has 20 heavy (non-hydrogen) atoms. The van der Waals surface area contributed by atoms with Crippen molar-refractivity contribution >= 4 is 5.91 Å². The number of hydrogen-bond donors (Lipinski definition) is 1. The number of aromatic nitrogens is 1. The highest BCUT2D eigenvalue weighted by Gasteiger charge is 2.05. The molecule has 3 nitrogen and oxygen atoms in total. The van der Waals surface area contributed by atoms with Crippen molar-refractivity contribution in [3.8, 4) is 0 Å². The van der Waals surface area contributed by atoms with Gasteiger partial charge in [-0.2, -0.15) is 0 Å². The van der Waals surface area contributed by atoms with Crippen molar-refractivity contribution in [1.82, 2.24) is 10.3 Å². The van der Waals surface area contributed by atoms with E-state index in [1.165, 1.54) is 11.1 Å². The fraction of sp³-hybridized carbons (Fsp3) is 0.294. The van der Waals surface area contributed by atoms with E-state index in [1.807, 2.05) is 6.07 Å². The third-order valence-corrected chi connectivity index (χ3v) is 3.24. The number of benzene rings is 1. The second-order valence-electron chi connectivity index (χ2n) is 5.12. The SMILES string of the molecule is CC(C)c1ccc(CCNC(=O)c2ccccn2)cc1. The minimum Gasteiger partial charge on any atom is -0.350 e. The third kappa shape index (κ3) is 3.92. The molecule has 1 amide bonds. The van der Waals surface area contributed by atoms with Crippen LogP contribution in [-0.2, 0) is 6.42 Å². The van der Waals surface area contributed by atoms with Gasteiger partial charge in [0.1, 0.15) is 5.69 Å². The summed E-state index contributed by atoms with van der Waals surface area (Å²) < 4.78 is 0. The summed E-state index contributed by atoms with van der Waals surface area (Å²) in [6, 6.07) is 13.9. The van der Waals surface area contributed by atoms with Crippen LogP contribution in [0.4, 0.5) is 0 Å². The second kappa shape index (κ2) is 6.85. The summed E-state index contributed by atoms with van der Waals surface area (Å²) in [7, 11) is 0. The standard InChI is InChI=1S/C17H20N2O/c1-13(2)15-8-6-14(7-9-15)10-12-19-17(20)16-5-3-4-11-18-16/h3-9,11,13H,10,12H2,1-2H3,(H,19,20). The summed E-state index contributed by atoms with van der Waals surface area (Å²) in [5.74, 6) is 0.428. The van der Waals surface area contributed by atoms with Gasteiger partial charge in [-0.05, 0) is 35.6 Å². The first-order chi connectivity index (χ1) is 9.66. The van der Waals surface area contributed by atoms with Crippen LogP contribution in [-0.4, -0.2) is 17.4 Å². The van der Waals surface area contributed by atoms with Crippen LogP contribution in [0.1, 0.15) is 41.4 Å². The molecule has 0 bridgehead atoms. The second-order valence-corrected chi connectivity index (χ2v) is 5.12. The van der Waals surface area contributed by atoms with Crippen molar-refractivity contribution in [3.63, 3.8) is 0 Å². The van der Waals surface area contributed by atoms with Gasteiger partial charge < -0.3 is 5.32 Å². The number of carbonyl (C=O) groups excluding carboxylic acids is 1. The van der Waals surface area contributed by atoms with E-state index in [0.29, 0.717) is 18.2 Å². The Hall–Kier alpha value is -2.16. The highest BCUT2D eigenvalue weighted by molar-refractivity contribution is 5.92.